The Morgan fingerprint density at radius 2 is 1.70 bits per heavy atom. The summed E-state index contributed by atoms with van der Waals surface area (Å²) in [6, 6.07) is 9.81. The number of rotatable bonds is 2. The third-order valence-corrected chi connectivity index (χ3v) is 6.71. The van der Waals surface area contributed by atoms with Crippen LogP contribution in [0.4, 0.5) is 10.1 Å². The van der Waals surface area contributed by atoms with Crippen LogP contribution in [0.3, 0.4) is 0 Å². The van der Waals surface area contributed by atoms with Crippen LogP contribution >= 0.6 is 23.2 Å². The Balaban J connectivity index is 1.98. The first kappa shape index (κ1) is 21.1. The van der Waals surface area contributed by atoms with Crippen molar-refractivity contribution in [1.82, 2.24) is 0 Å². The van der Waals surface area contributed by atoms with Crippen LogP contribution < -0.4 is 4.90 Å². The summed E-state index contributed by atoms with van der Waals surface area (Å²) < 4.78 is 14.8. The summed E-state index contributed by atoms with van der Waals surface area (Å²) >= 11 is 12.6. The maximum atomic E-state index is 14.8. The van der Waals surface area contributed by atoms with Gasteiger partial charge in [-0.2, -0.15) is 0 Å². The van der Waals surface area contributed by atoms with E-state index in [4.69, 9.17) is 23.2 Å². The van der Waals surface area contributed by atoms with Crippen LogP contribution in [0.1, 0.15) is 50.2 Å². The van der Waals surface area contributed by atoms with E-state index in [0.717, 1.165) is 5.56 Å². The highest BCUT2D eigenvalue weighted by atomic mass is 35.5. The van der Waals surface area contributed by atoms with Gasteiger partial charge < -0.3 is 0 Å². The van der Waals surface area contributed by atoms with Crippen molar-refractivity contribution in [2.45, 2.75) is 46.0 Å². The highest BCUT2D eigenvalue weighted by Gasteiger charge is 2.45. The van der Waals surface area contributed by atoms with Crippen molar-refractivity contribution >= 4 is 40.6 Å². The molecular weight excluding hydrogens is 424 g/mol. The van der Waals surface area contributed by atoms with E-state index in [1.807, 2.05) is 26.8 Å². The highest BCUT2D eigenvalue weighted by Crippen LogP contribution is 2.50. The number of Topliss-reactive ketones (excluding diaryl/α,β-unsaturated/α-hetero) is 1. The van der Waals surface area contributed by atoms with Crippen LogP contribution in [0.2, 0.25) is 10.0 Å². The van der Waals surface area contributed by atoms with Crippen LogP contribution in [0.25, 0.3) is 0 Å². The molecule has 1 unspecified atom stereocenters. The number of amides is 1. The second kappa shape index (κ2) is 7.51. The summed E-state index contributed by atoms with van der Waals surface area (Å²) in [4.78, 5) is 28.3. The third kappa shape index (κ3) is 3.46. The molecule has 4 rings (SSSR count). The molecule has 0 aromatic heterocycles. The van der Waals surface area contributed by atoms with E-state index in [0.29, 0.717) is 34.8 Å². The van der Waals surface area contributed by atoms with E-state index < -0.39 is 11.7 Å². The van der Waals surface area contributed by atoms with Crippen LogP contribution in [0.5, 0.6) is 0 Å². The van der Waals surface area contributed by atoms with E-state index in [9.17, 15) is 14.0 Å². The van der Waals surface area contributed by atoms with Crippen LogP contribution in [-0.2, 0) is 9.59 Å². The van der Waals surface area contributed by atoms with Crippen molar-refractivity contribution in [2.75, 3.05) is 4.90 Å². The average Bonchev–Trinajstić information content (AvgIpc) is 2.63. The minimum atomic E-state index is -0.694. The topological polar surface area (TPSA) is 37.4 Å². The molecular formula is C24H22Cl2FNO2. The number of benzene rings is 2. The molecule has 2 aliphatic rings. The lowest BCUT2D eigenvalue weighted by molar-refractivity contribution is -0.121. The lowest BCUT2D eigenvalue weighted by Gasteiger charge is -2.43. The molecule has 30 heavy (non-hydrogen) atoms. The Labute approximate surface area is 185 Å². The van der Waals surface area contributed by atoms with Gasteiger partial charge in [-0.25, -0.2) is 4.39 Å². The van der Waals surface area contributed by atoms with Gasteiger partial charge in [-0.3, -0.25) is 14.5 Å². The predicted octanol–water partition coefficient (Wildman–Crippen LogP) is 6.60. The maximum absolute atomic E-state index is 14.8. The first-order chi connectivity index (χ1) is 14.1. The van der Waals surface area contributed by atoms with Crippen molar-refractivity contribution in [2.24, 2.45) is 5.41 Å². The molecule has 0 N–H and O–H groups in total. The first-order valence-corrected chi connectivity index (χ1v) is 10.6. The average molecular weight is 446 g/mol. The number of halogens is 3. The molecule has 0 spiro atoms. The fourth-order valence-electron chi connectivity index (χ4n) is 4.62. The monoisotopic (exact) mass is 445 g/mol. The molecule has 1 aliphatic heterocycles. The second-order valence-electron chi connectivity index (χ2n) is 8.81. The quantitative estimate of drug-likeness (QED) is 0.521. The number of ketones is 1. The summed E-state index contributed by atoms with van der Waals surface area (Å²) in [6.45, 7) is 5.85. The molecule has 0 saturated carbocycles. The van der Waals surface area contributed by atoms with E-state index in [1.165, 1.54) is 12.1 Å². The Kier molecular flexibility index (Phi) is 5.27. The van der Waals surface area contributed by atoms with Gasteiger partial charge >= 0.3 is 0 Å². The number of anilines is 1. The Morgan fingerprint density at radius 1 is 1.03 bits per heavy atom. The van der Waals surface area contributed by atoms with Crippen LogP contribution in [0.15, 0.2) is 47.7 Å². The second-order valence-corrected chi connectivity index (χ2v) is 9.62. The number of nitrogens with zero attached hydrogens (tertiary/aromatic N) is 1. The molecule has 0 radical (unpaired) electrons. The summed E-state index contributed by atoms with van der Waals surface area (Å²) in [7, 11) is 0. The number of hydrogen-bond donors (Lipinski definition) is 0. The molecule has 0 fully saturated rings. The Bertz CT molecular complexity index is 1090. The zero-order valence-electron chi connectivity index (χ0n) is 17.1. The van der Waals surface area contributed by atoms with E-state index in [1.54, 1.807) is 23.1 Å². The summed E-state index contributed by atoms with van der Waals surface area (Å²) in [5.74, 6) is -1.46. The van der Waals surface area contributed by atoms with Crippen molar-refractivity contribution < 1.29 is 14.0 Å². The molecule has 0 saturated heterocycles. The van der Waals surface area contributed by atoms with Crippen molar-refractivity contribution in [3.63, 3.8) is 0 Å². The minimum absolute atomic E-state index is 0.0302. The van der Waals surface area contributed by atoms with Gasteiger partial charge in [0.1, 0.15) is 5.82 Å². The Morgan fingerprint density at radius 3 is 2.40 bits per heavy atom. The highest BCUT2D eigenvalue weighted by molar-refractivity contribution is 6.32. The number of carbonyl (C=O) groups is 2. The summed E-state index contributed by atoms with van der Waals surface area (Å²) in [5, 5.41) is 0.771. The van der Waals surface area contributed by atoms with Crippen molar-refractivity contribution in [3.8, 4) is 0 Å². The lowest BCUT2D eigenvalue weighted by atomic mass is 9.69. The smallest absolute Gasteiger partial charge is 0.232 e. The maximum Gasteiger partial charge on any atom is 0.232 e. The predicted molar refractivity (Wildman–Crippen MR) is 117 cm³/mol. The fraction of sp³-hybridized carbons (Fsp3) is 0.333. The van der Waals surface area contributed by atoms with Crippen LogP contribution in [-0.4, -0.2) is 11.7 Å². The van der Waals surface area contributed by atoms with Gasteiger partial charge in [0.2, 0.25) is 5.91 Å². The molecule has 1 heterocycles. The number of hydrogen-bond acceptors (Lipinski definition) is 2. The van der Waals surface area contributed by atoms with Crippen molar-refractivity contribution in [3.05, 3.63) is 74.7 Å². The van der Waals surface area contributed by atoms with Crippen molar-refractivity contribution in [1.29, 1.82) is 0 Å². The number of carbonyl (C=O) groups excluding carboxylic acids is 2. The molecule has 6 heteroatoms. The van der Waals surface area contributed by atoms with Gasteiger partial charge in [0.25, 0.3) is 0 Å². The normalized spacial score (nSPS) is 21.1. The van der Waals surface area contributed by atoms with Gasteiger partial charge in [0, 0.05) is 45.6 Å². The number of allylic oxidation sites excluding steroid dienone is 2. The zero-order chi connectivity index (χ0) is 21.8. The van der Waals surface area contributed by atoms with Gasteiger partial charge in [-0.1, -0.05) is 49.2 Å². The van der Waals surface area contributed by atoms with Gasteiger partial charge in [-0.05, 0) is 48.6 Å². The molecule has 3 nitrogen and oxygen atoms in total. The lowest BCUT2D eigenvalue weighted by Crippen LogP contribution is -2.44. The standard InChI is InChI=1S/C24H22Cl2FNO2/c1-13-15(25)6-5-9-18(13)28-19-11-24(2,3)12-20(29)23(19)14(10-21(28)30)22-16(26)7-4-8-17(22)27/h4-9,14H,10-12H2,1-3H3. The molecule has 156 valence electrons. The molecule has 1 atom stereocenters. The van der Waals surface area contributed by atoms with Crippen LogP contribution in [0, 0.1) is 18.2 Å². The summed E-state index contributed by atoms with van der Waals surface area (Å²) in [5.41, 5.74) is 2.43. The Hall–Kier alpha value is -2.17. The first-order valence-electron chi connectivity index (χ1n) is 9.89. The molecule has 2 aromatic carbocycles. The summed E-state index contributed by atoms with van der Waals surface area (Å²) in [6.07, 6.45) is 0.830. The third-order valence-electron chi connectivity index (χ3n) is 5.97. The van der Waals surface area contributed by atoms with Gasteiger partial charge in [-0.15, -0.1) is 0 Å². The molecule has 0 bridgehead atoms. The molecule has 2 aromatic rings. The molecule has 1 amide bonds. The minimum Gasteiger partial charge on any atom is -0.294 e. The van der Waals surface area contributed by atoms with E-state index >= 15 is 0 Å². The van der Waals surface area contributed by atoms with Gasteiger partial charge in [0.15, 0.2) is 5.78 Å². The fourth-order valence-corrected chi connectivity index (χ4v) is 5.09. The van der Waals surface area contributed by atoms with E-state index in [2.05, 4.69) is 0 Å². The van der Waals surface area contributed by atoms with Gasteiger partial charge in [0.05, 0.1) is 5.69 Å². The zero-order valence-corrected chi connectivity index (χ0v) is 18.6. The largest absolute Gasteiger partial charge is 0.294 e. The molecule has 1 aliphatic carbocycles. The SMILES string of the molecule is Cc1c(Cl)cccc1N1C(=O)CC(c2c(F)cccc2Cl)C2=C1CC(C)(C)CC2=O. The van der Waals surface area contributed by atoms with E-state index in [-0.39, 0.29) is 34.1 Å².